The molecule has 0 aliphatic heterocycles. The molecule has 0 spiro atoms. The zero-order valence-corrected chi connectivity index (χ0v) is 16.0. The fourth-order valence-corrected chi connectivity index (χ4v) is 5.66. The molecule has 130 valence electrons. The van der Waals surface area contributed by atoms with E-state index in [1.54, 1.807) is 0 Å². The molecular formula is C15H23NO4S3. The van der Waals surface area contributed by atoms with Gasteiger partial charge < -0.3 is 5.32 Å². The first-order valence-corrected chi connectivity index (χ1v) is 11.3. The normalized spacial score (nSPS) is 12.9. The van der Waals surface area contributed by atoms with Crippen LogP contribution in [0.25, 0.3) is 0 Å². The summed E-state index contributed by atoms with van der Waals surface area (Å²) in [4.78, 5) is 11.5. The number of carbonyl (C=O) groups is 1. The number of benzene rings is 1. The minimum Gasteiger partial charge on any atom is -0.358 e. The Bertz CT molecular complexity index is 609. The molecule has 5 nitrogen and oxygen atoms in total. The molecule has 0 heterocycles. The van der Waals surface area contributed by atoms with Crippen molar-refractivity contribution in [3.8, 4) is 0 Å². The molecule has 1 atom stereocenters. The van der Waals surface area contributed by atoms with E-state index >= 15 is 0 Å². The summed E-state index contributed by atoms with van der Waals surface area (Å²) in [7, 11) is -0.292. The van der Waals surface area contributed by atoms with Crippen molar-refractivity contribution in [1.82, 2.24) is 5.32 Å². The maximum Gasteiger partial charge on any atom is 0.277 e. The molecule has 0 saturated heterocycles. The largest absolute Gasteiger partial charge is 0.358 e. The van der Waals surface area contributed by atoms with Crippen LogP contribution in [0.2, 0.25) is 0 Å². The van der Waals surface area contributed by atoms with E-state index in [4.69, 9.17) is 4.55 Å². The Kier molecular flexibility index (Phi) is 8.46. The highest BCUT2D eigenvalue weighted by atomic mass is 33.1. The SMILES string of the molecule is CCc1cc(CC)cc(CSSCC(C(=O)NC)S(=O)(=O)O)c1. The molecule has 1 unspecified atom stereocenters. The molecule has 1 amide bonds. The van der Waals surface area contributed by atoms with Crippen molar-refractivity contribution >= 4 is 37.6 Å². The average Bonchev–Trinajstić information content (AvgIpc) is 2.52. The fraction of sp³-hybridized carbons (Fsp3) is 0.533. The number of hydrogen-bond acceptors (Lipinski definition) is 5. The maximum absolute atomic E-state index is 11.5. The van der Waals surface area contributed by atoms with Crippen molar-refractivity contribution in [2.24, 2.45) is 0 Å². The number of rotatable bonds is 9. The third kappa shape index (κ3) is 6.74. The molecule has 0 fully saturated rings. The summed E-state index contributed by atoms with van der Waals surface area (Å²) in [5, 5.41) is 0.827. The Balaban J connectivity index is 2.61. The summed E-state index contributed by atoms with van der Waals surface area (Å²) in [6.07, 6.45) is 1.94. The van der Waals surface area contributed by atoms with Gasteiger partial charge in [0.2, 0.25) is 5.91 Å². The van der Waals surface area contributed by atoms with Gasteiger partial charge in [0, 0.05) is 18.6 Å². The molecule has 8 heteroatoms. The van der Waals surface area contributed by atoms with Crippen molar-refractivity contribution in [1.29, 1.82) is 0 Å². The van der Waals surface area contributed by atoms with Crippen LogP contribution in [-0.2, 0) is 33.5 Å². The van der Waals surface area contributed by atoms with Crippen molar-refractivity contribution in [3.05, 3.63) is 34.9 Å². The molecule has 0 radical (unpaired) electrons. The Hall–Kier alpha value is -0.700. The standard InChI is InChI=1S/C15H23NO4S3/c1-4-11-6-12(5-2)8-13(7-11)9-21-22-10-14(15(17)16-3)23(18,19)20/h6-8,14H,4-5,9-10H2,1-3H3,(H,16,17)(H,18,19,20). The summed E-state index contributed by atoms with van der Waals surface area (Å²) in [5.74, 6) is 0.0381. The van der Waals surface area contributed by atoms with Gasteiger partial charge in [0.1, 0.15) is 0 Å². The number of aryl methyl sites for hydroxylation is 2. The molecular weight excluding hydrogens is 354 g/mol. The van der Waals surface area contributed by atoms with E-state index in [9.17, 15) is 13.2 Å². The highest BCUT2D eigenvalue weighted by Crippen LogP contribution is 2.28. The summed E-state index contributed by atoms with van der Waals surface area (Å²) < 4.78 is 31.6. The first-order valence-electron chi connectivity index (χ1n) is 7.35. The minimum atomic E-state index is -4.39. The molecule has 1 aromatic rings. The van der Waals surface area contributed by atoms with Gasteiger partial charge in [0.05, 0.1) is 0 Å². The van der Waals surface area contributed by atoms with E-state index in [-0.39, 0.29) is 5.75 Å². The van der Waals surface area contributed by atoms with Gasteiger partial charge in [0.15, 0.2) is 5.25 Å². The van der Waals surface area contributed by atoms with Crippen LogP contribution in [0.5, 0.6) is 0 Å². The molecule has 1 aromatic carbocycles. The second-order valence-corrected chi connectivity index (χ2v) is 9.14. The molecule has 2 N–H and O–H groups in total. The van der Waals surface area contributed by atoms with Crippen LogP contribution in [0.3, 0.4) is 0 Å². The molecule has 0 aromatic heterocycles. The van der Waals surface area contributed by atoms with Crippen molar-refractivity contribution < 1.29 is 17.8 Å². The number of carbonyl (C=O) groups excluding carboxylic acids is 1. The molecule has 1 rings (SSSR count). The zero-order valence-electron chi connectivity index (χ0n) is 13.5. The van der Waals surface area contributed by atoms with Gasteiger partial charge in [-0.15, -0.1) is 0 Å². The van der Waals surface area contributed by atoms with E-state index in [2.05, 4.69) is 37.4 Å². The second-order valence-electron chi connectivity index (χ2n) is 5.03. The monoisotopic (exact) mass is 377 g/mol. The zero-order chi connectivity index (χ0) is 17.5. The highest BCUT2D eigenvalue weighted by Gasteiger charge is 2.30. The number of nitrogens with one attached hydrogen (secondary N) is 1. The Morgan fingerprint density at radius 3 is 2.09 bits per heavy atom. The molecule has 0 saturated carbocycles. The molecule has 23 heavy (non-hydrogen) atoms. The Labute approximate surface area is 146 Å². The van der Waals surface area contributed by atoms with Crippen LogP contribution < -0.4 is 5.32 Å². The van der Waals surface area contributed by atoms with Crippen LogP contribution >= 0.6 is 21.6 Å². The van der Waals surface area contributed by atoms with Crippen molar-refractivity contribution in [3.63, 3.8) is 0 Å². The predicted octanol–water partition coefficient (Wildman–Crippen LogP) is 2.70. The van der Waals surface area contributed by atoms with Crippen LogP contribution in [0, 0.1) is 0 Å². The van der Waals surface area contributed by atoms with Gasteiger partial charge in [-0.2, -0.15) is 8.42 Å². The van der Waals surface area contributed by atoms with Crippen LogP contribution in [0.15, 0.2) is 18.2 Å². The summed E-state index contributed by atoms with van der Waals surface area (Å²) in [6.45, 7) is 4.22. The van der Waals surface area contributed by atoms with Gasteiger partial charge >= 0.3 is 0 Å². The maximum atomic E-state index is 11.5. The third-order valence-electron chi connectivity index (χ3n) is 3.36. The second kappa shape index (κ2) is 9.56. The smallest absolute Gasteiger partial charge is 0.277 e. The van der Waals surface area contributed by atoms with Gasteiger partial charge in [-0.1, -0.05) is 53.6 Å². The highest BCUT2D eigenvalue weighted by molar-refractivity contribution is 8.76. The van der Waals surface area contributed by atoms with Crippen LogP contribution in [-0.4, -0.2) is 36.9 Å². The summed E-state index contributed by atoms with van der Waals surface area (Å²) in [5.41, 5.74) is 3.75. The lowest BCUT2D eigenvalue weighted by molar-refractivity contribution is -0.119. The lowest BCUT2D eigenvalue weighted by Crippen LogP contribution is -2.39. The first-order chi connectivity index (χ1) is 10.8. The van der Waals surface area contributed by atoms with Gasteiger partial charge in [0.25, 0.3) is 10.1 Å². The lowest BCUT2D eigenvalue weighted by atomic mass is 10.0. The Morgan fingerprint density at radius 1 is 1.13 bits per heavy atom. The topological polar surface area (TPSA) is 83.5 Å². The van der Waals surface area contributed by atoms with Crippen LogP contribution in [0.4, 0.5) is 0 Å². The van der Waals surface area contributed by atoms with E-state index < -0.39 is 21.3 Å². The lowest BCUT2D eigenvalue weighted by Gasteiger charge is -2.12. The van der Waals surface area contributed by atoms with Crippen LogP contribution in [0.1, 0.15) is 30.5 Å². The number of hydrogen-bond donors (Lipinski definition) is 2. The average molecular weight is 378 g/mol. The van der Waals surface area contributed by atoms with Gasteiger partial charge in [-0.3, -0.25) is 9.35 Å². The molecule has 0 bridgehead atoms. The number of amides is 1. The molecule has 0 aliphatic carbocycles. The van der Waals surface area contributed by atoms with E-state index in [1.165, 1.54) is 45.3 Å². The molecule has 0 aliphatic rings. The van der Waals surface area contributed by atoms with E-state index in [0.29, 0.717) is 0 Å². The predicted molar refractivity (Wildman–Crippen MR) is 98.4 cm³/mol. The van der Waals surface area contributed by atoms with Gasteiger partial charge in [-0.05, 0) is 29.5 Å². The third-order valence-corrected chi connectivity index (χ3v) is 7.02. The quantitative estimate of drug-likeness (QED) is 0.391. The van der Waals surface area contributed by atoms with Crippen molar-refractivity contribution in [2.45, 2.75) is 37.7 Å². The van der Waals surface area contributed by atoms with E-state index in [1.807, 2.05) is 0 Å². The minimum absolute atomic E-state index is 0.0112. The first kappa shape index (κ1) is 20.3. The Morgan fingerprint density at radius 2 is 1.65 bits per heavy atom. The van der Waals surface area contributed by atoms with Gasteiger partial charge in [-0.25, -0.2) is 0 Å². The summed E-state index contributed by atoms with van der Waals surface area (Å²) >= 11 is 0. The fourth-order valence-electron chi connectivity index (χ4n) is 2.01. The summed E-state index contributed by atoms with van der Waals surface area (Å²) in [6, 6.07) is 6.48. The van der Waals surface area contributed by atoms with E-state index in [0.717, 1.165) is 18.6 Å². The van der Waals surface area contributed by atoms with Crippen molar-refractivity contribution in [2.75, 3.05) is 12.8 Å².